The molecule has 1 N–H and O–H groups in total. The third-order valence-electron chi connectivity index (χ3n) is 3.13. The van der Waals surface area contributed by atoms with Crippen molar-refractivity contribution in [2.75, 3.05) is 0 Å². The summed E-state index contributed by atoms with van der Waals surface area (Å²) in [6, 6.07) is 4.23. The van der Waals surface area contributed by atoms with Gasteiger partial charge in [-0.3, -0.25) is 9.89 Å². The van der Waals surface area contributed by atoms with Crippen LogP contribution in [0, 0.1) is 13.8 Å². The van der Waals surface area contributed by atoms with Gasteiger partial charge in [0, 0.05) is 16.6 Å². The van der Waals surface area contributed by atoms with E-state index in [1.54, 1.807) is 11.3 Å². The topological polar surface area (TPSA) is 49.0 Å². The van der Waals surface area contributed by atoms with E-state index in [1.807, 2.05) is 44.0 Å². The molecule has 0 spiro atoms. The molecular weight excluding hydrogens is 258 g/mol. The maximum absolute atomic E-state index is 12.7. The SMILES string of the molecule is Cc1n[nH]c(C)c1C(=O)N(Cc1cccs1)C(C)C. The Morgan fingerprint density at radius 3 is 2.68 bits per heavy atom. The summed E-state index contributed by atoms with van der Waals surface area (Å²) >= 11 is 1.67. The van der Waals surface area contributed by atoms with Crippen molar-refractivity contribution >= 4 is 17.2 Å². The molecule has 0 saturated heterocycles. The van der Waals surface area contributed by atoms with Crippen LogP contribution >= 0.6 is 11.3 Å². The van der Waals surface area contributed by atoms with Crippen LogP contribution in [0.25, 0.3) is 0 Å². The van der Waals surface area contributed by atoms with Crippen LogP contribution in [0.15, 0.2) is 17.5 Å². The zero-order valence-electron chi connectivity index (χ0n) is 11.7. The Hall–Kier alpha value is -1.62. The third kappa shape index (κ3) is 2.87. The minimum absolute atomic E-state index is 0.0483. The molecule has 4 nitrogen and oxygen atoms in total. The number of amides is 1. The van der Waals surface area contributed by atoms with Crippen LogP contribution < -0.4 is 0 Å². The molecule has 0 aliphatic heterocycles. The molecule has 2 aromatic rings. The van der Waals surface area contributed by atoms with Gasteiger partial charge >= 0.3 is 0 Å². The maximum atomic E-state index is 12.7. The quantitative estimate of drug-likeness (QED) is 0.933. The molecule has 19 heavy (non-hydrogen) atoms. The second kappa shape index (κ2) is 5.57. The van der Waals surface area contributed by atoms with Crippen LogP contribution in [-0.4, -0.2) is 27.0 Å². The van der Waals surface area contributed by atoms with Gasteiger partial charge in [-0.25, -0.2) is 0 Å². The highest BCUT2D eigenvalue weighted by atomic mass is 32.1. The zero-order valence-corrected chi connectivity index (χ0v) is 12.5. The largest absolute Gasteiger partial charge is 0.331 e. The molecule has 0 aromatic carbocycles. The number of nitrogens with zero attached hydrogens (tertiary/aromatic N) is 2. The van der Waals surface area contributed by atoms with E-state index < -0.39 is 0 Å². The summed E-state index contributed by atoms with van der Waals surface area (Å²) in [7, 11) is 0. The van der Waals surface area contributed by atoms with Crippen LogP contribution in [-0.2, 0) is 6.54 Å². The first kappa shape index (κ1) is 13.8. The van der Waals surface area contributed by atoms with E-state index in [9.17, 15) is 4.79 Å². The number of rotatable bonds is 4. The Bertz CT molecular complexity index is 538. The van der Waals surface area contributed by atoms with E-state index in [1.165, 1.54) is 4.88 Å². The Balaban J connectivity index is 2.27. The van der Waals surface area contributed by atoms with Crippen LogP contribution in [0.3, 0.4) is 0 Å². The minimum Gasteiger partial charge on any atom is -0.331 e. The number of aromatic nitrogens is 2. The molecule has 0 aliphatic carbocycles. The Kier molecular flexibility index (Phi) is 4.04. The Morgan fingerprint density at radius 1 is 1.47 bits per heavy atom. The van der Waals surface area contributed by atoms with Crippen LogP contribution in [0.4, 0.5) is 0 Å². The van der Waals surface area contributed by atoms with Crippen LogP contribution in [0.1, 0.15) is 40.5 Å². The van der Waals surface area contributed by atoms with Crippen LogP contribution in [0.5, 0.6) is 0 Å². The number of thiophene rings is 1. The fraction of sp³-hybridized carbons (Fsp3) is 0.429. The fourth-order valence-corrected chi connectivity index (χ4v) is 2.77. The van der Waals surface area contributed by atoms with Gasteiger partial charge in [0.15, 0.2) is 0 Å². The number of nitrogens with one attached hydrogen (secondary N) is 1. The molecule has 102 valence electrons. The van der Waals surface area contributed by atoms with E-state index in [0.29, 0.717) is 12.1 Å². The molecule has 2 heterocycles. The monoisotopic (exact) mass is 277 g/mol. The summed E-state index contributed by atoms with van der Waals surface area (Å²) in [6.07, 6.45) is 0. The highest BCUT2D eigenvalue weighted by molar-refractivity contribution is 7.09. The smallest absolute Gasteiger partial charge is 0.258 e. The predicted molar refractivity (Wildman–Crippen MR) is 77.4 cm³/mol. The second-order valence-corrected chi connectivity index (χ2v) is 5.95. The van der Waals surface area contributed by atoms with Gasteiger partial charge in [-0.2, -0.15) is 5.10 Å². The van der Waals surface area contributed by atoms with Gasteiger partial charge in [-0.15, -0.1) is 11.3 Å². The summed E-state index contributed by atoms with van der Waals surface area (Å²) < 4.78 is 0. The Labute approximate surface area is 117 Å². The van der Waals surface area contributed by atoms with Gasteiger partial charge < -0.3 is 4.90 Å². The standard InChI is InChI=1S/C14H19N3OS/c1-9(2)17(8-12-6-5-7-19-12)14(18)13-10(3)15-16-11(13)4/h5-7,9H,8H2,1-4H3,(H,15,16). The molecule has 0 aliphatic rings. The summed E-state index contributed by atoms with van der Waals surface area (Å²) in [6.45, 7) is 8.47. The number of aromatic amines is 1. The second-order valence-electron chi connectivity index (χ2n) is 4.92. The minimum atomic E-state index is 0.0483. The molecule has 0 saturated carbocycles. The van der Waals surface area contributed by atoms with E-state index in [-0.39, 0.29) is 11.9 Å². The Morgan fingerprint density at radius 2 is 2.21 bits per heavy atom. The van der Waals surface area contributed by atoms with Gasteiger partial charge in [-0.1, -0.05) is 6.07 Å². The normalized spacial score (nSPS) is 11.0. The number of carbonyl (C=O) groups excluding carboxylic acids is 1. The molecule has 0 bridgehead atoms. The number of hydrogen-bond donors (Lipinski definition) is 1. The molecule has 5 heteroatoms. The summed E-state index contributed by atoms with van der Waals surface area (Å²) in [4.78, 5) is 15.8. The molecule has 0 fully saturated rings. The lowest BCUT2D eigenvalue weighted by Crippen LogP contribution is -2.36. The van der Waals surface area contributed by atoms with E-state index >= 15 is 0 Å². The molecule has 0 atom stereocenters. The van der Waals surface area contributed by atoms with Crippen molar-refractivity contribution in [3.05, 3.63) is 39.3 Å². The molecule has 0 unspecified atom stereocenters. The fourth-order valence-electron chi connectivity index (χ4n) is 2.07. The van der Waals surface area contributed by atoms with Crippen molar-refractivity contribution in [1.82, 2.24) is 15.1 Å². The van der Waals surface area contributed by atoms with Gasteiger partial charge in [0.25, 0.3) is 5.91 Å². The van der Waals surface area contributed by atoms with Crippen LogP contribution in [0.2, 0.25) is 0 Å². The summed E-state index contributed by atoms with van der Waals surface area (Å²) in [5.74, 6) is 0.0483. The van der Waals surface area contributed by atoms with Crippen molar-refractivity contribution in [3.63, 3.8) is 0 Å². The number of hydrogen-bond acceptors (Lipinski definition) is 3. The average molecular weight is 277 g/mol. The van der Waals surface area contributed by atoms with E-state index in [2.05, 4.69) is 16.3 Å². The lowest BCUT2D eigenvalue weighted by molar-refractivity contribution is 0.0691. The molecule has 2 aromatic heterocycles. The van der Waals surface area contributed by atoms with Gasteiger partial charge in [0.05, 0.1) is 17.8 Å². The first-order valence-corrected chi connectivity index (χ1v) is 7.23. The van der Waals surface area contributed by atoms with E-state index in [0.717, 1.165) is 11.4 Å². The summed E-state index contributed by atoms with van der Waals surface area (Å²) in [5, 5.41) is 9.02. The number of aryl methyl sites for hydroxylation is 2. The summed E-state index contributed by atoms with van der Waals surface area (Å²) in [5.41, 5.74) is 2.30. The van der Waals surface area contributed by atoms with Gasteiger partial charge in [0.2, 0.25) is 0 Å². The molecule has 0 radical (unpaired) electrons. The van der Waals surface area contributed by atoms with Crippen molar-refractivity contribution in [2.45, 2.75) is 40.3 Å². The van der Waals surface area contributed by atoms with Gasteiger partial charge in [0.1, 0.15) is 0 Å². The highest BCUT2D eigenvalue weighted by Crippen LogP contribution is 2.19. The first-order valence-electron chi connectivity index (χ1n) is 6.35. The van der Waals surface area contributed by atoms with Crippen molar-refractivity contribution in [3.8, 4) is 0 Å². The zero-order chi connectivity index (χ0) is 14.0. The van der Waals surface area contributed by atoms with Crippen molar-refractivity contribution < 1.29 is 4.79 Å². The molecular formula is C14H19N3OS. The molecule has 1 amide bonds. The predicted octanol–water partition coefficient (Wildman–Crippen LogP) is 3.14. The molecule has 2 rings (SSSR count). The first-order chi connectivity index (χ1) is 9.00. The lowest BCUT2D eigenvalue weighted by Gasteiger charge is -2.26. The lowest BCUT2D eigenvalue weighted by atomic mass is 10.1. The highest BCUT2D eigenvalue weighted by Gasteiger charge is 2.24. The third-order valence-corrected chi connectivity index (χ3v) is 3.99. The number of carbonyl (C=O) groups is 1. The maximum Gasteiger partial charge on any atom is 0.258 e. The van der Waals surface area contributed by atoms with Crippen molar-refractivity contribution in [1.29, 1.82) is 0 Å². The number of H-pyrrole nitrogens is 1. The average Bonchev–Trinajstić information content (AvgIpc) is 2.96. The van der Waals surface area contributed by atoms with Crippen molar-refractivity contribution in [2.24, 2.45) is 0 Å². The van der Waals surface area contributed by atoms with Gasteiger partial charge in [-0.05, 0) is 39.1 Å². The van der Waals surface area contributed by atoms with E-state index in [4.69, 9.17) is 0 Å².